The summed E-state index contributed by atoms with van der Waals surface area (Å²) in [5.74, 6) is 0.0370. The van der Waals surface area contributed by atoms with E-state index in [2.05, 4.69) is 10.2 Å². The molecule has 0 bridgehead atoms. The first-order valence-electron chi connectivity index (χ1n) is 9.42. The number of nitrogens with one attached hydrogen (secondary N) is 1. The third-order valence-electron chi connectivity index (χ3n) is 5.64. The number of sulfone groups is 1. The molecule has 1 N–H and O–H groups in total. The van der Waals surface area contributed by atoms with Crippen LogP contribution in [0.3, 0.4) is 0 Å². The third kappa shape index (κ3) is 4.43. The Morgan fingerprint density at radius 1 is 1.18 bits per heavy atom. The Bertz CT molecular complexity index is 945. The van der Waals surface area contributed by atoms with E-state index in [4.69, 9.17) is 11.6 Å². The zero-order chi connectivity index (χ0) is 19.7. The highest BCUT2D eigenvalue weighted by Crippen LogP contribution is 2.34. The summed E-state index contributed by atoms with van der Waals surface area (Å²) in [7, 11) is -3.12. The lowest BCUT2D eigenvalue weighted by Gasteiger charge is -2.33. The van der Waals surface area contributed by atoms with E-state index in [1.165, 1.54) is 11.3 Å². The van der Waals surface area contributed by atoms with Crippen molar-refractivity contribution in [3.8, 4) is 0 Å². The molecule has 5 nitrogen and oxygen atoms in total. The number of hydrogen-bond donors (Lipinski definition) is 1. The third-order valence-corrected chi connectivity index (χ3v) is 9.08. The number of likely N-dealkylation sites (tertiary alicyclic amines) is 1. The zero-order valence-electron chi connectivity index (χ0n) is 15.4. The Labute approximate surface area is 174 Å². The van der Waals surface area contributed by atoms with Crippen molar-refractivity contribution in [2.75, 3.05) is 18.8 Å². The largest absolute Gasteiger partial charge is 0.353 e. The molecule has 0 spiro atoms. The predicted octanol–water partition coefficient (Wildman–Crippen LogP) is 2.75. The molecule has 8 heteroatoms. The molecule has 2 aliphatic heterocycles. The summed E-state index contributed by atoms with van der Waals surface area (Å²) in [6.07, 6.45) is 0.807. The number of thiophene rings is 1. The number of hydrogen-bond acceptors (Lipinski definition) is 5. The monoisotopic (exact) mass is 438 g/mol. The van der Waals surface area contributed by atoms with E-state index in [9.17, 15) is 13.2 Å². The molecule has 150 valence electrons. The van der Waals surface area contributed by atoms with Crippen LogP contribution < -0.4 is 5.32 Å². The van der Waals surface area contributed by atoms with E-state index >= 15 is 0 Å². The van der Waals surface area contributed by atoms with Crippen LogP contribution in [-0.4, -0.2) is 49.4 Å². The van der Waals surface area contributed by atoms with Gasteiger partial charge in [-0.25, -0.2) is 8.42 Å². The van der Waals surface area contributed by atoms with Gasteiger partial charge in [-0.2, -0.15) is 0 Å². The number of amides is 1. The average molecular weight is 439 g/mol. The van der Waals surface area contributed by atoms with Crippen LogP contribution >= 0.6 is 22.9 Å². The van der Waals surface area contributed by atoms with Crippen LogP contribution in [-0.2, 0) is 27.6 Å². The number of fused-ring (bicyclic) bond motifs is 1. The van der Waals surface area contributed by atoms with Gasteiger partial charge in [0.2, 0.25) is 5.91 Å². The molecule has 4 rings (SSSR count). The van der Waals surface area contributed by atoms with Crippen LogP contribution in [0.5, 0.6) is 0 Å². The maximum absolute atomic E-state index is 12.6. The molecule has 1 aromatic carbocycles. The lowest BCUT2D eigenvalue weighted by atomic mass is 9.95. The molecule has 2 aromatic rings. The maximum atomic E-state index is 12.6. The Hall–Kier alpha value is -1.41. The van der Waals surface area contributed by atoms with E-state index in [-0.39, 0.29) is 23.6 Å². The minimum Gasteiger partial charge on any atom is -0.353 e. The van der Waals surface area contributed by atoms with E-state index in [1.54, 1.807) is 0 Å². The van der Waals surface area contributed by atoms with Crippen LogP contribution in [0.4, 0.5) is 0 Å². The molecular weight excluding hydrogens is 416 g/mol. The fourth-order valence-corrected chi connectivity index (χ4v) is 7.57. The second-order valence-corrected chi connectivity index (χ2v) is 11.7. The van der Waals surface area contributed by atoms with Crippen molar-refractivity contribution >= 4 is 38.7 Å². The summed E-state index contributed by atoms with van der Waals surface area (Å²) in [4.78, 5) is 15.8. The van der Waals surface area contributed by atoms with Crippen LogP contribution in [0.2, 0.25) is 4.34 Å². The molecule has 3 heterocycles. The standard InChI is InChI=1S/C20H23ClN2O3S2/c21-19-7-6-15(27-19)11-23-12-16-17(8-9-28(25,26)18(16)13-23)22-20(24)10-14-4-2-1-3-5-14/h1-7,16-18H,8-13H2,(H,22,24)/t16-,17-,18+/m1/s1. The molecular formula is C20H23ClN2O3S2. The van der Waals surface area contributed by atoms with Crippen molar-refractivity contribution in [3.05, 3.63) is 57.2 Å². The molecule has 0 radical (unpaired) electrons. The summed E-state index contributed by atoms with van der Waals surface area (Å²) in [6.45, 7) is 1.90. The summed E-state index contributed by atoms with van der Waals surface area (Å²) in [6, 6.07) is 13.4. The van der Waals surface area contributed by atoms with E-state index < -0.39 is 15.1 Å². The van der Waals surface area contributed by atoms with Gasteiger partial charge in [-0.15, -0.1) is 11.3 Å². The number of carbonyl (C=O) groups excluding carboxylic acids is 1. The van der Waals surface area contributed by atoms with Gasteiger partial charge < -0.3 is 5.32 Å². The quantitative estimate of drug-likeness (QED) is 0.779. The number of benzene rings is 1. The van der Waals surface area contributed by atoms with Gasteiger partial charge >= 0.3 is 0 Å². The summed E-state index contributed by atoms with van der Waals surface area (Å²) < 4.78 is 26.0. The second-order valence-electron chi connectivity index (χ2n) is 7.59. The van der Waals surface area contributed by atoms with Crippen molar-refractivity contribution in [1.29, 1.82) is 0 Å². The molecule has 0 unspecified atom stereocenters. The summed E-state index contributed by atoms with van der Waals surface area (Å²) in [5.41, 5.74) is 0.961. The first-order valence-corrected chi connectivity index (χ1v) is 12.3. The first kappa shape index (κ1) is 19.9. The minimum atomic E-state index is -3.12. The van der Waals surface area contributed by atoms with Crippen molar-refractivity contribution < 1.29 is 13.2 Å². The molecule has 0 saturated carbocycles. The van der Waals surface area contributed by atoms with E-state index in [0.717, 1.165) is 14.8 Å². The Morgan fingerprint density at radius 3 is 2.68 bits per heavy atom. The Kier molecular flexibility index (Phi) is 5.78. The maximum Gasteiger partial charge on any atom is 0.224 e. The number of halogens is 1. The molecule has 2 saturated heterocycles. The smallest absolute Gasteiger partial charge is 0.224 e. The lowest BCUT2D eigenvalue weighted by Crippen LogP contribution is -2.52. The van der Waals surface area contributed by atoms with Crippen molar-refractivity contribution in [2.24, 2.45) is 5.92 Å². The zero-order valence-corrected chi connectivity index (χ0v) is 17.8. The van der Waals surface area contributed by atoms with Crippen LogP contribution in [0.25, 0.3) is 0 Å². The van der Waals surface area contributed by atoms with Crippen LogP contribution in [0.15, 0.2) is 42.5 Å². The summed E-state index contributed by atoms with van der Waals surface area (Å²) >= 11 is 7.54. The summed E-state index contributed by atoms with van der Waals surface area (Å²) in [5, 5.41) is 2.71. The van der Waals surface area contributed by atoms with E-state index in [0.29, 0.717) is 32.5 Å². The molecule has 2 aliphatic rings. The van der Waals surface area contributed by atoms with Gasteiger partial charge in [-0.1, -0.05) is 41.9 Å². The average Bonchev–Trinajstić information content (AvgIpc) is 3.26. The van der Waals surface area contributed by atoms with Crippen molar-refractivity contribution in [3.63, 3.8) is 0 Å². The van der Waals surface area contributed by atoms with Crippen LogP contribution in [0, 0.1) is 5.92 Å². The highest BCUT2D eigenvalue weighted by Gasteiger charge is 2.48. The minimum absolute atomic E-state index is 0.0438. The normalized spacial score (nSPS) is 26.7. The number of rotatable bonds is 5. The molecule has 0 aliphatic carbocycles. The van der Waals surface area contributed by atoms with Gasteiger partial charge in [-0.3, -0.25) is 9.69 Å². The van der Waals surface area contributed by atoms with Gasteiger partial charge in [0.1, 0.15) is 0 Å². The fraction of sp³-hybridized carbons (Fsp3) is 0.450. The Morgan fingerprint density at radius 2 is 1.96 bits per heavy atom. The highest BCUT2D eigenvalue weighted by atomic mass is 35.5. The van der Waals surface area contributed by atoms with Gasteiger partial charge in [0.05, 0.1) is 21.8 Å². The van der Waals surface area contributed by atoms with Gasteiger partial charge in [0.25, 0.3) is 0 Å². The molecule has 28 heavy (non-hydrogen) atoms. The first-order chi connectivity index (χ1) is 13.4. The second kappa shape index (κ2) is 8.14. The Balaban J connectivity index is 1.43. The molecule has 3 atom stereocenters. The molecule has 1 aromatic heterocycles. The van der Waals surface area contributed by atoms with Gasteiger partial charge in [0.15, 0.2) is 9.84 Å². The van der Waals surface area contributed by atoms with Crippen molar-refractivity contribution in [2.45, 2.75) is 30.7 Å². The topological polar surface area (TPSA) is 66.5 Å². The number of carbonyl (C=O) groups is 1. The molecule has 1 amide bonds. The SMILES string of the molecule is O=C(Cc1ccccc1)N[C@@H]1CCS(=O)(=O)[C@H]2CN(Cc3ccc(Cl)s3)C[C@H]12. The van der Waals surface area contributed by atoms with E-state index in [1.807, 2.05) is 42.5 Å². The highest BCUT2D eigenvalue weighted by molar-refractivity contribution is 7.92. The molecule has 2 fully saturated rings. The van der Waals surface area contributed by atoms with Crippen molar-refractivity contribution in [1.82, 2.24) is 10.2 Å². The van der Waals surface area contributed by atoms with Gasteiger partial charge in [0, 0.05) is 36.5 Å². The predicted molar refractivity (Wildman–Crippen MR) is 112 cm³/mol. The number of nitrogens with zero attached hydrogens (tertiary/aromatic N) is 1. The lowest BCUT2D eigenvalue weighted by molar-refractivity contribution is -0.121. The fourth-order valence-electron chi connectivity index (χ4n) is 4.31. The van der Waals surface area contributed by atoms with Gasteiger partial charge in [-0.05, 0) is 24.1 Å². The van der Waals surface area contributed by atoms with Crippen LogP contribution in [0.1, 0.15) is 16.9 Å².